The summed E-state index contributed by atoms with van der Waals surface area (Å²) in [5.74, 6) is 0.246. The Morgan fingerprint density at radius 3 is 2.59 bits per heavy atom. The second kappa shape index (κ2) is 12.4. The van der Waals surface area contributed by atoms with Gasteiger partial charge in [0.1, 0.15) is 18.1 Å². The van der Waals surface area contributed by atoms with Gasteiger partial charge in [-0.05, 0) is 63.1 Å². The lowest BCUT2D eigenvalue weighted by Gasteiger charge is -2.20. The van der Waals surface area contributed by atoms with Crippen LogP contribution in [-0.2, 0) is 11.3 Å². The van der Waals surface area contributed by atoms with Crippen molar-refractivity contribution < 1.29 is 19.1 Å². The molecule has 2 N–H and O–H groups in total. The number of carbonyl (C=O) groups is 2. The summed E-state index contributed by atoms with van der Waals surface area (Å²) >= 11 is 0. The van der Waals surface area contributed by atoms with Gasteiger partial charge < -0.3 is 25.0 Å². The van der Waals surface area contributed by atoms with Gasteiger partial charge in [0.15, 0.2) is 5.69 Å². The van der Waals surface area contributed by atoms with Gasteiger partial charge in [0.25, 0.3) is 11.8 Å². The van der Waals surface area contributed by atoms with Gasteiger partial charge in [0, 0.05) is 50.1 Å². The summed E-state index contributed by atoms with van der Waals surface area (Å²) in [5, 5.41) is 14.2. The van der Waals surface area contributed by atoms with Crippen LogP contribution in [0.3, 0.4) is 0 Å². The smallest absolute Gasteiger partial charge is 0.274 e. The Balaban J connectivity index is 1.55. The molecule has 2 amide bonds. The van der Waals surface area contributed by atoms with Crippen LogP contribution in [-0.4, -0.2) is 66.2 Å². The Bertz CT molecular complexity index is 1210. The van der Waals surface area contributed by atoms with Crippen LogP contribution in [0.4, 0.5) is 5.69 Å². The number of nitrogens with zero attached hydrogens (tertiary/aromatic N) is 4. The summed E-state index contributed by atoms with van der Waals surface area (Å²) in [4.78, 5) is 27.1. The van der Waals surface area contributed by atoms with Crippen molar-refractivity contribution in [2.24, 2.45) is 0 Å². The lowest BCUT2D eigenvalue weighted by atomic mass is 10.2. The number of amides is 2. The summed E-state index contributed by atoms with van der Waals surface area (Å²) in [6, 6.07) is 14.9. The van der Waals surface area contributed by atoms with Gasteiger partial charge in [-0.25, -0.2) is 4.68 Å². The molecule has 0 bridgehead atoms. The fraction of sp³-hybridized carbons (Fsp3) is 0.407. The van der Waals surface area contributed by atoms with Crippen molar-refractivity contribution in [2.45, 2.75) is 39.3 Å². The second-order valence-corrected chi connectivity index (χ2v) is 8.86. The summed E-state index contributed by atoms with van der Waals surface area (Å²) in [7, 11) is 2.00. The third kappa shape index (κ3) is 6.85. The van der Waals surface area contributed by atoms with Gasteiger partial charge in [-0.15, -0.1) is 5.10 Å². The number of hydrogen-bond acceptors (Lipinski definition) is 7. The number of carbonyl (C=O) groups excluding carboxylic acids is 2. The molecule has 3 aromatic rings. The maximum atomic E-state index is 12.9. The Morgan fingerprint density at radius 2 is 1.89 bits per heavy atom. The molecule has 0 unspecified atom stereocenters. The Morgan fingerprint density at radius 1 is 1.11 bits per heavy atom. The molecule has 1 aliphatic carbocycles. The Labute approximate surface area is 216 Å². The lowest BCUT2D eigenvalue weighted by Crippen LogP contribution is -2.27. The zero-order chi connectivity index (χ0) is 26.2. The van der Waals surface area contributed by atoms with Gasteiger partial charge in [-0.1, -0.05) is 11.3 Å². The number of aromatic nitrogens is 3. The van der Waals surface area contributed by atoms with Crippen molar-refractivity contribution >= 4 is 17.5 Å². The molecule has 10 heteroatoms. The molecular weight excluding hydrogens is 472 g/mol. The molecule has 0 spiro atoms. The average Bonchev–Trinajstić information content (AvgIpc) is 3.62. The maximum Gasteiger partial charge on any atom is 0.274 e. The Hall–Kier alpha value is -3.92. The molecule has 1 saturated carbocycles. The summed E-state index contributed by atoms with van der Waals surface area (Å²) in [6.07, 6.45) is 1.94. The first-order valence-corrected chi connectivity index (χ1v) is 12.7. The van der Waals surface area contributed by atoms with Gasteiger partial charge in [0.05, 0.1) is 12.3 Å². The number of anilines is 1. The molecule has 37 heavy (non-hydrogen) atoms. The molecule has 1 fully saturated rings. The van der Waals surface area contributed by atoms with Crippen LogP contribution >= 0.6 is 0 Å². The van der Waals surface area contributed by atoms with Gasteiger partial charge in [-0.3, -0.25) is 9.59 Å². The minimum Gasteiger partial charge on any atom is -0.487 e. The number of nitrogens with one attached hydrogen (secondary N) is 2. The summed E-state index contributed by atoms with van der Waals surface area (Å²) in [5.41, 5.74) is 2.97. The van der Waals surface area contributed by atoms with Crippen molar-refractivity contribution in [1.29, 1.82) is 0 Å². The minimum absolute atomic E-state index is 0.0879. The van der Waals surface area contributed by atoms with Gasteiger partial charge in [-0.2, -0.15) is 0 Å². The fourth-order valence-electron chi connectivity index (χ4n) is 3.75. The Kier molecular flexibility index (Phi) is 8.73. The highest BCUT2D eigenvalue weighted by Gasteiger charge is 2.28. The first kappa shape index (κ1) is 26.2. The van der Waals surface area contributed by atoms with E-state index in [0.717, 1.165) is 25.1 Å². The third-order valence-electron chi connectivity index (χ3n) is 6.01. The molecule has 1 aromatic heterocycles. The first-order chi connectivity index (χ1) is 18.0. The molecule has 0 radical (unpaired) electrons. The van der Waals surface area contributed by atoms with E-state index in [4.69, 9.17) is 9.47 Å². The molecule has 10 nitrogen and oxygen atoms in total. The summed E-state index contributed by atoms with van der Waals surface area (Å²) < 4.78 is 13.2. The molecule has 1 aliphatic rings. The average molecular weight is 507 g/mol. The molecule has 0 aliphatic heterocycles. The van der Waals surface area contributed by atoms with E-state index < -0.39 is 0 Å². The van der Waals surface area contributed by atoms with E-state index in [-0.39, 0.29) is 30.2 Å². The van der Waals surface area contributed by atoms with Crippen LogP contribution in [0.25, 0.3) is 5.69 Å². The largest absolute Gasteiger partial charge is 0.487 e. The number of rotatable bonds is 13. The number of hydrogen-bond donors (Lipinski definition) is 2. The van der Waals surface area contributed by atoms with Crippen LogP contribution in [0.1, 0.15) is 53.2 Å². The maximum absolute atomic E-state index is 12.9. The van der Waals surface area contributed by atoms with Crippen LogP contribution in [0.5, 0.6) is 5.75 Å². The number of ether oxygens (including phenoxy) is 2. The molecule has 2 aromatic carbocycles. The second-order valence-electron chi connectivity index (χ2n) is 8.86. The van der Waals surface area contributed by atoms with Crippen molar-refractivity contribution in [2.75, 3.05) is 38.3 Å². The van der Waals surface area contributed by atoms with E-state index in [1.807, 2.05) is 45.2 Å². The zero-order valence-corrected chi connectivity index (χ0v) is 21.6. The zero-order valence-electron chi connectivity index (χ0n) is 21.6. The number of likely N-dealkylation sites (N-methyl/N-ethyl adjacent to an activating group) is 1. The van der Waals surface area contributed by atoms with Gasteiger partial charge >= 0.3 is 0 Å². The van der Waals surface area contributed by atoms with Crippen molar-refractivity contribution in [1.82, 2.24) is 25.6 Å². The van der Waals surface area contributed by atoms with Crippen LogP contribution < -0.4 is 20.3 Å². The van der Waals surface area contributed by atoms with E-state index >= 15 is 0 Å². The SMILES string of the molecule is CCNC(=O)c1ccc(-n2nnc(C(=O)NC3CC3)c2COc2cccc(N(C)CCOCC)c2)cc1. The van der Waals surface area contributed by atoms with Crippen LogP contribution in [0, 0.1) is 0 Å². The monoisotopic (exact) mass is 506 g/mol. The minimum atomic E-state index is -0.268. The number of benzene rings is 2. The highest BCUT2D eigenvalue weighted by atomic mass is 16.5. The highest BCUT2D eigenvalue weighted by molar-refractivity contribution is 5.94. The van der Waals surface area contributed by atoms with E-state index in [2.05, 4.69) is 25.8 Å². The predicted octanol–water partition coefficient (Wildman–Crippen LogP) is 2.96. The molecule has 4 rings (SSSR count). The van der Waals surface area contributed by atoms with E-state index in [1.54, 1.807) is 28.9 Å². The molecule has 1 heterocycles. The molecule has 0 atom stereocenters. The van der Waals surface area contributed by atoms with E-state index in [1.165, 1.54) is 0 Å². The third-order valence-corrected chi connectivity index (χ3v) is 6.01. The fourth-order valence-corrected chi connectivity index (χ4v) is 3.75. The molecular formula is C27H34N6O4. The van der Waals surface area contributed by atoms with Crippen LogP contribution in [0.15, 0.2) is 48.5 Å². The predicted molar refractivity (Wildman–Crippen MR) is 140 cm³/mol. The van der Waals surface area contributed by atoms with Crippen molar-refractivity contribution in [3.8, 4) is 11.4 Å². The standard InChI is InChI=1S/C27H34N6O4/c1-4-28-26(34)19-9-13-21(14-10-19)33-24(25(30-31-33)27(35)29-20-11-12-20)18-37-23-8-6-7-22(17-23)32(3)15-16-36-5-2/h6-10,13-14,17,20H,4-5,11-12,15-16,18H2,1-3H3,(H,28,34)(H,29,35). The van der Waals surface area contributed by atoms with Crippen molar-refractivity contribution in [3.05, 3.63) is 65.5 Å². The van der Waals surface area contributed by atoms with E-state index in [0.29, 0.717) is 42.5 Å². The molecule has 196 valence electrons. The van der Waals surface area contributed by atoms with Gasteiger partial charge in [0.2, 0.25) is 0 Å². The topological polar surface area (TPSA) is 111 Å². The lowest BCUT2D eigenvalue weighted by molar-refractivity contribution is 0.0939. The normalized spacial score (nSPS) is 12.7. The highest BCUT2D eigenvalue weighted by Crippen LogP contribution is 2.24. The molecule has 0 saturated heterocycles. The summed E-state index contributed by atoms with van der Waals surface area (Å²) in [6.45, 7) is 6.57. The van der Waals surface area contributed by atoms with Crippen LogP contribution in [0.2, 0.25) is 0 Å². The first-order valence-electron chi connectivity index (χ1n) is 12.7. The van der Waals surface area contributed by atoms with Crippen molar-refractivity contribution in [3.63, 3.8) is 0 Å². The quantitative estimate of drug-likeness (QED) is 0.343. The van der Waals surface area contributed by atoms with E-state index in [9.17, 15) is 9.59 Å².